The second-order valence-electron chi connectivity index (χ2n) is 5.72. The van der Waals surface area contributed by atoms with Crippen LogP contribution in [0.4, 0.5) is 0 Å². The molecule has 0 radical (unpaired) electrons. The van der Waals surface area contributed by atoms with Crippen LogP contribution >= 0.6 is 7.60 Å². The second kappa shape index (κ2) is 4.90. The van der Waals surface area contributed by atoms with Gasteiger partial charge >= 0.3 is 13.6 Å². The summed E-state index contributed by atoms with van der Waals surface area (Å²) in [4.78, 5) is 29.0. The Balaban J connectivity index is 2.86. The van der Waals surface area contributed by atoms with Gasteiger partial charge in [-0.1, -0.05) is 0 Å². The van der Waals surface area contributed by atoms with Gasteiger partial charge in [-0.25, -0.2) is 4.79 Å². The summed E-state index contributed by atoms with van der Waals surface area (Å²) in [7, 11) is -1.15. The topological polar surface area (TPSA) is 115 Å². The van der Waals surface area contributed by atoms with Crippen molar-refractivity contribution in [3.05, 3.63) is 0 Å². The largest absolute Gasteiger partial charge is 0.479 e. The molecule has 0 aromatic rings. The maximum absolute atomic E-state index is 11.2. The maximum Gasteiger partial charge on any atom is 0.368 e. The molecule has 0 amide bonds. The molecule has 2 unspecified atom stereocenters. The summed E-state index contributed by atoms with van der Waals surface area (Å²) in [6.07, 6.45) is 1.13. The first kappa shape index (κ1) is 15.6. The zero-order chi connectivity index (χ0) is 14.2. The molecule has 2 atom stereocenters. The summed E-state index contributed by atoms with van der Waals surface area (Å²) >= 11 is 0. The molecule has 8 heteroatoms. The molecule has 106 valence electrons. The SMILES string of the molecule is C[N+]1(C)CCCC(CC(O)(C(=O)O)P(=O)(O)O)C1. The van der Waals surface area contributed by atoms with Crippen LogP contribution in [0.5, 0.6) is 0 Å². The first-order valence-corrected chi connectivity index (χ1v) is 7.43. The van der Waals surface area contributed by atoms with Gasteiger partial charge in [0.1, 0.15) is 0 Å². The number of carboxylic acid groups (broad SMARTS) is 1. The summed E-state index contributed by atoms with van der Waals surface area (Å²) in [6.45, 7) is 1.55. The van der Waals surface area contributed by atoms with E-state index < -0.39 is 25.3 Å². The van der Waals surface area contributed by atoms with Crippen LogP contribution in [-0.4, -0.2) is 63.0 Å². The Hall–Kier alpha value is -0.460. The highest BCUT2D eigenvalue weighted by molar-refractivity contribution is 7.54. The Labute approximate surface area is 106 Å². The van der Waals surface area contributed by atoms with E-state index in [0.717, 1.165) is 13.0 Å². The van der Waals surface area contributed by atoms with Crippen LogP contribution in [0.1, 0.15) is 19.3 Å². The highest BCUT2D eigenvalue weighted by Crippen LogP contribution is 2.52. The van der Waals surface area contributed by atoms with E-state index >= 15 is 0 Å². The summed E-state index contributed by atoms with van der Waals surface area (Å²) < 4.78 is 11.9. The Kier molecular flexibility index (Phi) is 4.25. The average molecular weight is 282 g/mol. The first-order valence-electron chi connectivity index (χ1n) is 5.81. The molecule has 18 heavy (non-hydrogen) atoms. The van der Waals surface area contributed by atoms with Gasteiger partial charge in [0.2, 0.25) is 0 Å². The number of rotatable bonds is 4. The number of quaternary nitrogens is 1. The number of piperidine rings is 1. The van der Waals surface area contributed by atoms with Gasteiger partial charge in [-0.2, -0.15) is 0 Å². The summed E-state index contributed by atoms with van der Waals surface area (Å²) in [5.41, 5.74) is 0. The van der Waals surface area contributed by atoms with Crippen molar-refractivity contribution in [2.24, 2.45) is 5.92 Å². The monoisotopic (exact) mass is 282 g/mol. The van der Waals surface area contributed by atoms with Gasteiger partial charge in [0, 0.05) is 12.3 Å². The fourth-order valence-electron chi connectivity index (χ4n) is 2.59. The zero-order valence-corrected chi connectivity index (χ0v) is 11.5. The van der Waals surface area contributed by atoms with Crippen LogP contribution in [0, 0.1) is 5.92 Å². The smallest absolute Gasteiger partial charge is 0.368 e. The van der Waals surface area contributed by atoms with Crippen LogP contribution in [0.2, 0.25) is 0 Å². The van der Waals surface area contributed by atoms with Gasteiger partial charge in [0.15, 0.2) is 0 Å². The van der Waals surface area contributed by atoms with E-state index in [2.05, 4.69) is 0 Å². The van der Waals surface area contributed by atoms with Crippen LogP contribution in [0.25, 0.3) is 0 Å². The second-order valence-corrected chi connectivity index (χ2v) is 7.55. The maximum atomic E-state index is 11.2. The number of likely N-dealkylation sites (tertiary alicyclic amines) is 1. The van der Waals surface area contributed by atoms with Crippen molar-refractivity contribution in [3.63, 3.8) is 0 Å². The van der Waals surface area contributed by atoms with E-state index in [1.807, 2.05) is 14.1 Å². The summed E-state index contributed by atoms with van der Waals surface area (Å²) in [5, 5.41) is 15.7. The molecule has 1 heterocycles. The minimum atomic E-state index is -5.10. The van der Waals surface area contributed by atoms with E-state index in [4.69, 9.17) is 14.9 Å². The fraction of sp³-hybridized carbons (Fsp3) is 0.900. The fourth-order valence-corrected chi connectivity index (χ4v) is 3.33. The molecule has 7 nitrogen and oxygen atoms in total. The van der Waals surface area contributed by atoms with Crippen molar-refractivity contribution in [2.75, 3.05) is 27.2 Å². The molecule has 1 rings (SSSR count). The molecule has 1 saturated heterocycles. The van der Waals surface area contributed by atoms with Crippen molar-refractivity contribution < 1.29 is 33.8 Å². The molecular formula is C10H21NO6P+. The molecule has 0 aromatic carbocycles. The van der Waals surface area contributed by atoms with Gasteiger partial charge in [-0.15, -0.1) is 0 Å². The average Bonchev–Trinajstić information content (AvgIpc) is 2.13. The molecule has 0 spiro atoms. The van der Waals surface area contributed by atoms with Gasteiger partial charge in [0.05, 0.1) is 27.2 Å². The van der Waals surface area contributed by atoms with Crippen molar-refractivity contribution in [1.82, 2.24) is 0 Å². The molecule has 0 aromatic heterocycles. The van der Waals surface area contributed by atoms with Crippen molar-refractivity contribution in [3.8, 4) is 0 Å². The zero-order valence-electron chi connectivity index (χ0n) is 10.6. The van der Waals surface area contributed by atoms with Crippen molar-refractivity contribution >= 4 is 13.6 Å². The van der Waals surface area contributed by atoms with Crippen LogP contribution in [-0.2, 0) is 9.36 Å². The molecule has 1 fully saturated rings. The van der Waals surface area contributed by atoms with Crippen LogP contribution in [0.3, 0.4) is 0 Å². The van der Waals surface area contributed by atoms with Gasteiger partial charge in [-0.3, -0.25) is 4.57 Å². The predicted molar refractivity (Wildman–Crippen MR) is 63.8 cm³/mol. The third kappa shape index (κ3) is 3.30. The standard InChI is InChI=1S/C10H20NO6P/c1-11(2)5-3-4-8(7-11)6-10(14,9(12)13)18(15,16)17/h8,14H,3-7H2,1-2H3,(H2-,12,13,15,16,17)/p+1. The Morgan fingerprint density at radius 3 is 2.39 bits per heavy atom. The van der Waals surface area contributed by atoms with E-state index in [9.17, 15) is 14.5 Å². The van der Waals surface area contributed by atoms with E-state index in [-0.39, 0.29) is 5.92 Å². The van der Waals surface area contributed by atoms with Crippen LogP contribution in [0.15, 0.2) is 0 Å². The molecular weight excluding hydrogens is 261 g/mol. The Morgan fingerprint density at radius 2 is 2.00 bits per heavy atom. The molecule has 4 N–H and O–H groups in total. The molecule has 1 aliphatic rings. The number of hydrogen-bond acceptors (Lipinski definition) is 3. The highest BCUT2D eigenvalue weighted by atomic mass is 31.2. The third-order valence-corrected chi connectivity index (χ3v) is 4.86. The van der Waals surface area contributed by atoms with E-state index in [1.54, 1.807) is 0 Å². The minimum Gasteiger partial charge on any atom is -0.479 e. The number of carboxylic acids is 1. The Bertz CT molecular complexity index is 379. The normalized spacial score (nSPS) is 27.5. The lowest BCUT2D eigenvalue weighted by Gasteiger charge is -2.39. The van der Waals surface area contributed by atoms with E-state index in [0.29, 0.717) is 17.4 Å². The number of aliphatic carboxylic acids is 1. The summed E-state index contributed by atoms with van der Waals surface area (Å²) in [6, 6.07) is 0. The van der Waals surface area contributed by atoms with Gasteiger partial charge in [0.25, 0.3) is 5.34 Å². The van der Waals surface area contributed by atoms with Gasteiger partial charge in [-0.05, 0) is 12.8 Å². The Morgan fingerprint density at radius 1 is 1.44 bits per heavy atom. The quantitative estimate of drug-likeness (QED) is 0.420. The molecule has 0 aliphatic carbocycles. The number of carbonyl (C=O) groups is 1. The first-order chi connectivity index (χ1) is 7.98. The molecule has 0 saturated carbocycles. The van der Waals surface area contributed by atoms with Crippen molar-refractivity contribution in [2.45, 2.75) is 24.6 Å². The third-order valence-electron chi connectivity index (χ3n) is 3.53. The van der Waals surface area contributed by atoms with Gasteiger partial charge < -0.3 is 24.5 Å². The predicted octanol–water partition coefficient (Wildman–Crippen LogP) is -0.186. The minimum absolute atomic E-state index is 0.206. The van der Waals surface area contributed by atoms with Crippen molar-refractivity contribution in [1.29, 1.82) is 0 Å². The number of hydrogen-bond donors (Lipinski definition) is 4. The van der Waals surface area contributed by atoms with Crippen LogP contribution < -0.4 is 0 Å². The summed E-state index contributed by atoms with van der Waals surface area (Å²) in [5.74, 6) is -2.06. The number of nitrogens with zero attached hydrogens (tertiary/aromatic N) is 1. The lowest BCUT2D eigenvalue weighted by molar-refractivity contribution is -0.898. The lowest BCUT2D eigenvalue weighted by Crippen LogP contribution is -2.50. The number of aliphatic hydroxyl groups is 1. The highest BCUT2D eigenvalue weighted by Gasteiger charge is 2.54. The van der Waals surface area contributed by atoms with E-state index in [1.165, 1.54) is 0 Å². The molecule has 0 bridgehead atoms. The lowest BCUT2D eigenvalue weighted by atomic mass is 9.91. The molecule has 1 aliphatic heterocycles.